The second-order valence-electron chi connectivity index (χ2n) is 7.88. The van der Waals surface area contributed by atoms with E-state index in [1.165, 1.54) is 45.2 Å². The molecule has 0 bridgehead atoms. The Morgan fingerprint density at radius 3 is 2.82 bits per heavy atom. The highest BCUT2D eigenvalue weighted by Gasteiger charge is 2.39. The minimum atomic E-state index is -0.656. The molecule has 12 heteroatoms. The molecule has 34 heavy (non-hydrogen) atoms. The van der Waals surface area contributed by atoms with E-state index >= 15 is 0 Å². The van der Waals surface area contributed by atoms with Crippen molar-refractivity contribution >= 4 is 12.2 Å². The minimum Gasteiger partial charge on any atom is -0.468 e. The maximum Gasteiger partial charge on any atom is 0.341 e. The number of nitriles is 1. The summed E-state index contributed by atoms with van der Waals surface area (Å²) in [6, 6.07) is 5.22. The summed E-state index contributed by atoms with van der Waals surface area (Å²) in [6.07, 6.45) is 5.59. The Balaban J connectivity index is 1.25. The molecule has 2 amide bonds. The van der Waals surface area contributed by atoms with Gasteiger partial charge in [-0.25, -0.2) is 23.6 Å². The van der Waals surface area contributed by atoms with Gasteiger partial charge < -0.3 is 9.64 Å². The summed E-state index contributed by atoms with van der Waals surface area (Å²) in [5.41, 5.74) is 1.65. The van der Waals surface area contributed by atoms with Crippen molar-refractivity contribution in [2.24, 2.45) is 12.1 Å². The number of likely N-dealkylation sites (tertiary alicyclic amines) is 1. The molecule has 0 aromatic carbocycles. The summed E-state index contributed by atoms with van der Waals surface area (Å²) in [6.45, 7) is 0.416. The molecule has 0 N–H and O–H groups in total. The Morgan fingerprint density at radius 2 is 2.06 bits per heavy atom. The SMILES string of the molecule is Cn1ncc(C#N)c1-c1ccc(F)c(OC2CN(C(=O)N3N=CC[C@H]3c3cncc(F)c3)C2)n1. The van der Waals surface area contributed by atoms with E-state index in [4.69, 9.17) is 4.74 Å². The number of pyridine rings is 2. The van der Waals surface area contributed by atoms with Gasteiger partial charge in [-0.1, -0.05) is 0 Å². The number of aromatic nitrogens is 4. The first-order valence-corrected chi connectivity index (χ1v) is 10.4. The second-order valence-corrected chi connectivity index (χ2v) is 7.88. The summed E-state index contributed by atoms with van der Waals surface area (Å²) < 4.78 is 35.1. The standard InChI is InChI=1S/C22H18F2N8O2/c1-30-20(14(7-25)9-28-30)18-3-2-17(24)21(29-18)34-16-11-31(12-16)22(33)32-19(4-5-27-32)13-6-15(23)10-26-8-13/h2-3,5-6,8-10,16,19H,4,11-12H2,1H3/t19-/m0/s1. The second kappa shape index (κ2) is 8.51. The summed E-state index contributed by atoms with van der Waals surface area (Å²) in [5.74, 6) is -1.36. The fourth-order valence-corrected chi connectivity index (χ4v) is 3.92. The monoisotopic (exact) mass is 464 g/mol. The van der Waals surface area contributed by atoms with Crippen LogP contribution in [0.3, 0.4) is 0 Å². The van der Waals surface area contributed by atoms with E-state index in [2.05, 4.69) is 20.2 Å². The van der Waals surface area contributed by atoms with E-state index in [0.717, 1.165) is 6.20 Å². The van der Waals surface area contributed by atoms with Crippen molar-refractivity contribution in [3.8, 4) is 23.3 Å². The summed E-state index contributed by atoms with van der Waals surface area (Å²) in [5, 5.41) is 18.7. The highest BCUT2D eigenvalue weighted by atomic mass is 19.1. The third kappa shape index (κ3) is 3.81. The van der Waals surface area contributed by atoms with Gasteiger partial charge in [0.25, 0.3) is 5.88 Å². The average molecular weight is 464 g/mol. The van der Waals surface area contributed by atoms with Crippen LogP contribution in [-0.4, -0.2) is 61.1 Å². The first-order valence-electron chi connectivity index (χ1n) is 10.4. The van der Waals surface area contributed by atoms with Crippen LogP contribution in [0.1, 0.15) is 23.6 Å². The van der Waals surface area contributed by atoms with Gasteiger partial charge in [0, 0.05) is 25.9 Å². The highest BCUT2D eigenvalue weighted by Crippen LogP contribution is 2.31. The fraction of sp³-hybridized carbons (Fsp3) is 0.273. The van der Waals surface area contributed by atoms with Crippen LogP contribution < -0.4 is 4.74 Å². The molecular formula is C22H18F2N8O2. The zero-order chi connectivity index (χ0) is 23.8. The lowest BCUT2D eigenvalue weighted by Crippen LogP contribution is -2.59. The van der Waals surface area contributed by atoms with Gasteiger partial charge in [-0.05, 0) is 23.8 Å². The molecule has 10 nitrogen and oxygen atoms in total. The van der Waals surface area contributed by atoms with Crippen LogP contribution in [0, 0.1) is 23.0 Å². The fourth-order valence-electron chi connectivity index (χ4n) is 3.92. The van der Waals surface area contributed by atoms with Crippen molar-refractivity contribution < 1.29 is 18.3 Å². The number of ether oxygens (including phenoxy) is 1. The molecule has 5 rings (SSSR count). The highest BCUT2D eigenvalue weighted by molar-refractivity contribution is 5.79. The lowest BCUT2D eigenvalue weighted by Gasteiger charge is -2.40. The number of carbonyl (C=O) groups is 1. The number of rotatable bonds is 4. The minimum absolute atomic E-state index is 0.208. The molecule has 3 aromatic heterocycles. The molecule has 5 heterocycles. The van der Waals surface area contributed by atoms with Crippen LogP contribution in [0.2, 0.25) is 0 Å². The molecule has 0 unspecified atom stereocenters. The van der Waals surface area contributed by atoms with Gasteiger partial charge in [-0.15, -0.1) is 0 Å². The van der Waals surface area contributed by atoms with E-state index in [1.807, 2.05) is 6.07 Å². The van der Waals surface area contributed by atoms with Gasteiger partial charge in [0.15, 0.2) is 5.82 Å². The maximum absolute atomic E-state index is 14.4. The van der Waals surface area contributed by atoms with Gasteiger partial charge in [-0.2, -0.15) is 15.5 Å². The predicted octanol–water partition coefficient (Wildman–Crippen LogP) is 2.64. The Bertz CT molecular complexity index is 1330. The Labute approximate surface area is 192 Å². The molecular weight excluding hydrogens is 446 g/mol. The molecule has 172 valence electrons. The first-order chi connectivity index (χ1) is 16.4. The maximum atomic E-state index is 14.4. The third-order valence-electron chi connectivity index (χ3n) is 5.65. The van der Waals surface area contributed by atoms with Crippen LogP contribution in [0.25, 0.3) is 11.4 Å². The van der Waals surface area contributed by atoms with Crippen LogP contribution >= 0.6 is 0 Å². The van der Waals surface area contributed by atoms with Crippen LogP contribution in [-0.2, 0) is 7.05 Å². The molecule has 1 saturated heterocycles. The van der Waals surface area contributed by atoms with Gasteiger partial charge in [0.05, 0.1) is 42.8 Å². The number of halogens is 2. The molecule has 2 aliphatic rings. The zero-order valence-corrected chi connectivity index (χ0v) is 18.0. The number of nitrogens with zero attached hydrogens (tertiary/aromatic N) is 8. The van der Waals surface area contributed by atoms with E-state index in [9.17, 15) is 18.8 Å². The average Bonchev–Trinajstić information content (AvgIpc) is 3.43. The largest absolute Gasteiger partial charge is 0.468 e. The quantitative estimate of drug-likeness (QED) is 0.587. The number of hydrazone groups is 1. The van der Waals surface area contributed by atoms with Gasteiger partial charge >= 0.3 is 6.03 Å². The smallest absolute Gasteiger partial charge is 0.341 e. The van der Waals surface area contributed by atoms with E-state index in [1.54, 1.807) is 13.3 Å². The van der Waals surface area contributed by atoms with Crippen molar-refractivity contribution in [3.63, 3.8) is 0 Å². The van der Waals surface area contributed by atoms with Crippen molar-refractivity contribution in [2.45, 2.75) is 18.6 Å². The Morgan fingerprint density at radius 1 is 1.24 bits per heavy atom. The zero-order valence-electron chi connectivity index (χ0n) is 18.0. The topological polar surface area (TPSA) is 113 Å². The third-order valence-corrected chi connectivity index (χ3v) is 5.65. The molecule has 0 spiro atoms. The van der Waals surface area contributed by atoms with Gasteiger partial charge in [-0.3, -0.25) is 9.67 Å². The predicted molar refractivity (Wildman–Crippen MR) is 114 cm³/mol. The van der Waals surface area contributed by atoms with Crippen molar-refractivity contribution in [2.75, 3.05) is 13.1 Å². The van der Waals surface area contributed by atoms with Crippen molar-refractivity contribution in [3.05, 3.63) is 59.6 Å². The van der Waals surface area contributed by atoms with Gasteiger partial charge in [0.1, 0.15) is 23.7 Å². The Kier molecular flexibility index (Phi) is 5.37. The normalized spacial score (nSPS) is 17.5. The number of hydrogen-bond acceptors (Lipinski definition) is 7. The van der Waals surface area contributed by atoms with Crippen molar-refractivity contribution in [1.29, 1.82) is 5.26 Å². The molecule has 0 radical (unpaired) electrons. The molecule has 1 fully saturated rings. The van der Waals surface area contributed by atoms with Crippen molar-refractivity contribution in [1.82, 2.24) is 29.7 Å². The number of hydrogen-bond donors (Lipinski definition) is 0. The van der Waals surface area contributed by atoms with Gasteiger partial charge in [0.2, 0.25) is 0 Å². The van der Waals surface area contributed by atoms with Crippen LogP contribution in [0.15, 0.2) is 41.9 Å². The lowest BCUT2D eigenvalue weighted by atomic mass is 10.1. The molecule has 2 aliphatic heterocycles. The molecule has 1 atom stereocenters. The molecule has 3 aromatic rings. The lowest BCUT2D eigenvalue weighted by molar-refractivity contribution is 0.0231. The Hall–Kier alpha value is -4.40. The summed E-state index contributed by atoms with van der Waals surface area (Å²) >= 11 is 0. The van der Waals surface area contributed by atoms with E-state index in [0.29, 0.717) is 28.9 Å². The number of aryl methyl sites for hydroxylation is 1. The number of urea groups is 1. The summed E-state index contributed by atoms with van der Waals surface area (Å²) in [7, 11) is 1.66. The number of amides is 2. The van der Waals surface area contributed by atoms with Crippen LogP contribution in [0.4, 0.5) is 13.6 Å². The van der Waals surface area contributed by atoms with Crippen LogP contribution in [0.5, 0.6) is 5.88 Å². The first kappa shape index (κ1) is 21.4. The summed E-state index contributed by atoms with van der Waals surface area (Å²) in [4.78, 5) is 22.5. The molecule has 0 saturated carbocycles. The van der Waals surface area contributed by atoms with E-state index in [-0.39, 0.29) is 25.0 Å². The molecule has 0 aliphatic carbocycles. The number of carbonyl (C=O) groups excluding carboxylic acids is 1. The van der Waals surface area contributed by atoms with E-state index < -0.39 is 23.8 Å².